The van der Waals surface area contributed by atoms with Gasteiger partial charge in [-0.25, -0.2) is 18.2 Å². The van der Waals surface area contributed by atoms with E-state index in [1.165, 1.54) is 28.6 Å². The highest BCUT2D eigenvalue weighted by molar-refractivity contribution is 7.89. The average molecular weight is 443 g/mol. The van der Waals surface area contributed by atoms with Gasteiger partial charge in [0.2, 0.25) is 15.9 Å². The number of carbonyl (C=O) groups excluding carboxylic acids is 3. The van der Waals surface area contributed by atoms with Crippen molar-refractivity contribution in [2.24, 2.45) is 0 Å². The van der Waals surface area contributed by atoms with Crippen LogP contribution in [0, 0.1) is 0 Å². The fourth-order valence-corrected chi connectivity index (χ4v) is 4.96. The lowest BCUT2D eigenvalue weighted by molar-refractivity contribution is -0.118. The number of imide groups is 1. The second kappa shape index (κ2) is 8.36. The van der Waals surface area contributed by atoms with Crippen molar-refractivity contribution in [3.63, 3.8) is 0 Å². The third-order valence-electron chi connectivity index (χ3n) is 5.12. The summed E-state index contributed by atoms with van der Waals surface area (Å²) in [5.41, 5.74) is 3.41. The topological polar surface area (TPSA) is 119 Å². The fourth-order valence-electron chi connectivity index (χ4n) is 3.49. The van der Waals surface area contributed by atoms with Crippen molar-refractivity contribution in [3.05, 3.63) is 60.2 Å². The van der Waals surface area contributed by atoms with E-state index in [2.05, 4.69) is 10.3 Å². The Kier molecular flexibility index (Phi) is 5.61. The summed E-state index contributed by atoms with van der Waals surface area (Å²) < 4.78 is 27.6. The van der Waals surface area contributed by atoms with Crippen LogP contribution in [0.5, 0.6) is 0 Å². The first-order valence-corrected chi connectivity index (χ1v) is 11.1. The second-order valence-corrected chi connectivity index (χ2v) is 9.07. The molecule has 2 aromatic carbocycles. The normalized spacial score (nSPS) is 17.5. The van der Waals surface area contributed by atoms with Gasteiger partial charge < -0.3 is 4.90 Å². The summed E-state index contributed by atoms with van der Waals surface area (Å²) in [5.74, 6) is -1.22. The summed E-state index contributed by atoms with van der Waals surface area (Å²) in [6.45, 7) is 1.46. The molecule has 11 heteroatoms. The van der Waals surface area contributed by atoms with Gasteiger partial charge in [0, 0.05) is 37.4 Å². The SMILES string of the molecule is O=C1CN(NC(=O)c2cccc(S(=O)(=O)N3CCN(c4ccccc4)CC3)c2)C(=O)N1. The third-order valence-corrected chi connectivity index (χ3v) is 7.02. The van der Waals surface area contributed by atoms with Gasteiger partial charge >= 0.3 is 6.03 Å². The molecule has 31 heavy (non-hydrogen) atoms. The van der Waals surface area contributed by atoms with Gasteiger partial charge in [-0.2, -0.15) is 4.31 Å². The van der Waals surface area contributed by atoms with Crippen LogP contribution in [0.3, 0.4) is 0 Å². The molecule has 0 radical (unpaired) electrons. The Labute approximate surface area is 179 Å². The Morgan fingerprint density at radius 1 is 0.935 bits per heavy atom. The summed E-state index contributed by atoms with van der Waals surface area (Å²) >= 11 is 0. The number of para-hydroxylation sites is 1. The monoisotopic (exact) mass is 443 g/mol. The number of hydrogen-bond acceptors (Lipinski definition) is 6. The first-order chi connectivity index (χ1) is 14.8. The van der Waals surface area contributed by atoms with Crippen LogP contribution in [0.15, 0.2) is 59.5 Å². The highest BCUT2D eigenvalue weighted by Gasteiger charge is 2.31. The lowest BCUT2D eigenvalue weighted by atomic mass is 10.2. The number of carbonyl (C=O) groups is 3. The van der Waals surface area contributed by atoms with E-state index in [0.29, 0.717) is 26.2 Å². The van der Waals surface area contributed by atoms with E-state index in [0.717, 1.165) is 10.7 Å². The maximum Gasteiger partial charge on any atom is 0.343 e. The van der Waals surface area contributed by atoms with E-state index >= 15 is 0 Å². The summed E-state index contributed by atoms with van der Waals surface area (Å²) in [6.07, 6.45) is 0. The number of amides is 4. The van der Waals surface area contributed by atoms with E-state index in [1.54, 1.807) is 0 Å². The number of rotatable bonds is 5. The molecule has 0 spiro atoms. The molecule has 0 saturated carbocycles. The lowest BCUT2D eigenvalue weighted by Gasteiger charge is -2.35. The molecule has 2 aliphatic heterocycles. The van der Waals surface area contributed by atoms with Gasteiger partial charge in [0.1, 0.15) is 6.54 Å². The Bertz CT molecular complexity index is 1110. The minimum Gasteiger partial charge on any atom is -0.369 e. The van der Waals surface area contributed by atoms with Crippen LogP contribution >= 0.6 is 0 Å². The summed E-state index contributed by atoms with van der Waals surface area (Å²) in [5, 5.41) is 2.89. The minimum absolute atomic E-state index is 0.00439. The van der Waals surface area contributed by atoms with Crippen LogP contribution < -0.4 is 15.6 Å². The number of urea groups is 1. The molecule has 0 unspecified atom stereocenters. The molecule has 2 aromatic rings. The van der Waals surface area contributed by atoms with Crippen LogP contribution in [-0.2, 0) is 14.8 Å². The molecule has 10 nitrogen and oxygen atoms in total. The summed E-state index contributed by atoms with van der Waals surface area (Å²) in [4.78, 5) is 37.4. The average Bonchev–Trinajstić information content (AvgIpc) is 3.11. The van der Waals surface area contributed by atoms with Crippen LogP contribution in [0.2, 0.25) is 0 Å². The quantitative estimate of drug-likeness (QED) is 0.646. The first kappa shape index (κ1) is 20.8. The molecule has 4 amide bonds. The first-order valence-electron chi connectivity index (χ1n) is 9.67. The predicted octanol–water partition coefficient (Wildman–Crippen LogP) is 0.394. The standard InChI is InChI=1S/C20H21N5O5S/c26-18-14-25(20(28)21-18)22-19(27)15-5-4-8-17(13-15)31(29,30)24-11-9-23(10-12-24)16-6-2-1-3-7-16/h1-8,13H,9-12,14H2,(H,22,27)(H,21,26,28). The lowest BCUT2D eigenvalue weighted by Crippen LogP contribution is -2.48. The van der Waals surface area contributed by atoms with Gasteiger partial charge in [-0.15, -0.1) is 0 Å². The number of piperazine rings is 1. The molecule has 0 atom stereocenters. The number of anilines is 1. The van der Waals surface area contributed by atoms with Crippen molar-refractivity contribution in [1.29, 1.82) is 0 Å². The van der Waals surface area contributed by atoms with Crippen LogP contribution in [-0.4, -0.2) is 68.3 Å². The zero-order valence-electron chi connectivity index (χ0n) is 16.5. The molecule has 2 heterocycles. The second-order valence-electron chi connectivity index (χ2n) is 7.13. The minimum atomic E-state index is -3.79. The van der Waals surface area contributed by atoms with Crippen molar-refractivity contribution in [3.8, 4) is 0 Å². The third kappa shape index (κ3) is 4.37. The van der Waals surface area contributed by atoms with E-state index < -0.39 is 27.9 Å². The van der Waals surface area contributed by atoms with E-state index in [1.807, 2.05) is 35.6 Å². The van der Waals surface area contributed by atoms with Gasteiger partial charge in [-0.1, -0.05) is 24.3 Å². The van der Waals surface area contributed by atoms with Gasteiger partial charge in [0.25, 0.3) is 5.91 Å². The van der Waals surface area contributed by atoms with Gasteiger partial charge in [-0.05, 0) is 30.3 Å². The number of sulfonamides is 1. The largest absolute Gasteiger partial charge is 0.369 e. The number of benzene rings is 2. The van der Waals surface area contributed by atoms with Crippen molar-refractivity contribution in [2.75, 3.05) is 37.6 Å². The Balaban J connectivity index is 1.45. The van der Waals surface area contributed by atoms with Crippen LogP contribution in [0.1, 0.15) is 10.4 Å². The Hall–Kier alpha value is -3.44. The van der Waals surface area contributed by atoms with Crippen molar-refractivity contribution < 1.29 is 22.8 Å². The molecule has 2 N–H and O–H groups in total. The molecule has 2 aliphatic rings. The zero-order valence-corrected chi connectivity index (χ0v) is 17.3. The number of nitrogens with one attached hydrogen (secondary N) is 2. The van der Waals surface area contributed by atoms with Crippen molar-refractivity contribution in [2.45, 2.75) is 4.90 Å². The molecule has 0 bridgehead atoms. The molecular weight excluding hydrogens is 422 g/mol. The Morgan fingerprint density at radius 3 is 2.29 bits per heavy atom. The predicted molar refractivity (Wildman–Crippen MR) is 112 cm³/mol. The summed E-state index contributed by atoms with van der Waals surface area (Å²) in [6, 6.07) is 14.7. The van der Waals surface area contributed by atoms with Crippen LogP contribution in [0.4, 0.5) is 10.5 Å². The van der Waals surface area contributed by atoms with Gasteiger partial charge in [-0.3, -0.25) is 20.3 Å². The van der Waals surface area contributed by atoms with E-state index in [-0.39, 0.29) is 17.0 Å². The fraction of sp³-hybridized carbons (Fsp3) is 0.250. The zero-order chi connectivity index (χ0) is 22.0. The molecular formula is C20H21N5O5S. The van der Waals surface area contributed by atoms with Crippen molar-refractivity contribution in [1.82, 2.24) is 20.1 Å². The summed E-state index contributed by atoms with van der Waals surface area (Å²) in [7, 11) is -3.79. The van der Waals surface area contributed by atoms with Gasteiger partial charge in [0.05, 0.1) is 4.90 Å². The highest BCUT2D eigenvalue weighted by Crippen LogP contribution is 2.21. The van der Waals surface area contributed by atoms with Crippen LogP contribution in [0.25, 0.3) is 0 Å². The number of nitrogens with zero attached hydrogens (tertiary/aromatic N) is 3. The smallest absolute Gasteiger partial charge is 0.343 e. The Morgan fingerprint density at radius 2 is 1.65 bits per heavy atom. The number of hydrogen-bond donors (Lipinski definition) is 2. The molecule has 0 aromatic heterocycles. The molecule has 2 saturated heterocycles. The molecule has 4 rings (SSSR count). The number of hydrazine groups is 1. The van der Waals surface area contributed by atoms with Crippen molar-refractivity contribution >= 4 is 33.6 Å². The van der Waals surface area contributed by atoms with E-state index in [4.69, 9.17) is 0 Å². The molecule has 2 fully saturated rings. The van der Waals surface area contributed by atoms with Gasteiger partial charge in [0.15, 0.2) is 0 Å². The molecule has 0 aliphatic carbocycles. The maximum atomic E-state index is 13.1. The maximum absolute atomic E-state index is 13.1. The highest BCUT2D eigenvalue weighted by atomic mass is 32.2. The van der Waals surface area contributed by atoms with E-state index in [9.17, 15) is 22.8 Å². The molecule has 162 valence electrons.